The van der Waals surface area contributed by atoms with E-state index in [9.17, 15) is 0 Å². The normalized spacial score (nSPS) is 49.9. The summed E-state index contributed by atoms with van der Waals surface area (Å²) < 4.78 is 0. The Balaban J connectivity index is 1.54. The predicted octanol–water partition coefficient (Wildman–Crippen LogP) is 2.41. The maximum absolute atomic E-state index is 2.80. The Kier molecular flexibility index (Phi) is 2.97. The fraction of sp³-hybridized carbons (Fsp3) is 1.00. The summed E-state index contributed by atoms with van der Waals surface area (Å²) in [6.45, 7) is 11.7. The lowest BCUT2D eigenvalue weighted by atomic mass is 9.52. The van der Waals surface area contributed by atoms with Gasteiger partial charge in [-0.2, -0.15) is 0 Å². The Labute approximate surface area is 118 Å². The standard InChI is InChI=1S/C17H30N2/c1-11(2)6-19-9-16-12-4-5-13(17(16)10-19)15-8-18(3)7-14(12)15/h11-17H,4-10H2,1-3H3. The molecule has 0 radical (unpaired) electrons. The lowest BCUT2D eigenvalue weighted by Gasteiger charge is -2.52. The van der Waals surface area contributed by atoms with Crippen molar-refractivity contribution in [3.63, 3.8) is 0 Å². The van der Waals surface area contributed by atoms with Crippen LogP contribution in [0.5, 0.6) is 0 Å². The molecule has 5 aliphatic rings. The average Bonchev–Trinajstić information content (AvgIpc) is 2.91. The van der Waals surface area contributed by atoms with Crippen LogP contribution in [0, 0.1) is 41.4 Å². The summed E-state index contributed by atoms with van der Waals surface area (Å²) in [6.07, 6.45) is 3.10. The van der Waals surface area contributed by atoms with Gasteiger partial charge in [0, 0.05) is 32.7 Å². The maximum Gasteiger partial charge on any atom is 0.00159 e. The number of likely N-dealkylation sites (tertiary alicyclic amines) is 2. The van der Waals surface area contributed by atoms with E-state index in [2.05, 4.69) is 30.7 Å². The van der Waals surface area contributed by atoms with Crippen molar-refractivity contribution in [1.29, 1.82) is 0 Å². The minimum atomic E-state index is 0.837. The Bertz CT molecular complexity index is 325. The quantitative estimate of drug-likeness (QED) is 0.754. The highest BCUT2D eigenvalue weighted by molar-refractivity contribution is 5.08. The number of nitrogens with zero attached hydrogens (tertiary/aromatic N) is 2. The summed E-state index contributed by atoms with van der Waals surface area (Å²) in [5.41, 5.74) is 0. The zero-order valence-electron chi connectivity index (χ0n) is 12.9. The molecular weight excluding hydrogens is 232 g/mol. The zero-order chi connectivity index (χ0) is 13.1. The molecule has 2 heterocycles. The number of fused-ring (bicyclic) bond motifs is 1. The molecule has 5 fully saturated rings. The van der Waals surface area contributed by atoms with E-state index in [4.69, 9.17) is 0 Å². The molecule has 108 valence electrons. The summed E-state index contributed by atoms with van der Waals surface area (Å²) in [5.74, 6) is 7.22. The molecule has 0 aromatic carbocycles. The third-order valence-corrected chi connectivity index (χ3v) is 6.74. The molecule has 0 aromatic rings. The van der Waals surface area contributed by atoms with E-state index >= 15 is 0 Å². The summed E-state index contributed by atoms with van der Waals surface area (Å²) in [5, 5.41) is 0. The Morgan fingerprint density at radius 1 is 0.789 bits per heavy atom. The highest BCUT2D eigenvalue weighted by Crippen LogP contribution is 2.58. The summed E-state index contributed by atoms with van der Waals surface area (Å²) in [6, 6.07) is 0. The van der Waals surface area contributed by atoms with E-state index in [1.165, 1.54) is 32.7 Å². The van der Waals surface area contributed by atoms with Crippen molar-refractivity contribution >= 4 is 0 Å². The highest BCUT2D eigenvalue weighted by Gasteiger charge is 2.58. The van der Waals surface area contributed by atoms with Crippen molar-refractivity contribution in [2.24, 2.45) is 41.4 Å². The molecule has 2 nitrogen and oxygen atoms in total. The van der Waals surface area contributed by atoms with Crippen molar-refractivity contribution in [2.75, 3.05) is 39.8 Å². The first-order chi connectivity index (χ1) is 9.13. The van der Waals surface area contributed by atoms with Gasteiger partial charge in [-0.25, -0.2) is 0 Å². The van der Waals surface area contributed by atoms with Crippen LogP contribution in [0.2, 0.25) is 0 Å². The largest absolute Gasteiger partial charge is 0.306 e. The minimum absolute atomic E-state index is 0.837. The van der Waals surface area contributed by atoms with Gasteiger partial charge in [0.1, 0.15) is 0 Å². The van der Waals surface area contributed by atoms with Crippen LogP contribution in [-0.2, 0) is 0 Å². The van der Waals surface area contributed by atoms with Crippen molar-refractivity contribution in [1.82, 2.24) is 9.80 Å². The van der Waals surface area contributed by atoms with Crippen LogP contribution in [0.1, 0.15) is 26.7 Å². The van der Waals surface area contributed by atoms with E-state index in [1.54, 1.807) is 12.8 Å². The van der Waals surface area contributed by atoms with Crippen LogP contribution in [0.15, 0.2) is 0 Å². The van der Waals surface area contributed by atoms with Crippen LogP contribution >= 0.6 is 0 Å². The predicted molar refractivity (Wildman–Crippen MR) is 78.9 cm³/mol. The zero-order valence-corrected chi connectivity index (χ0v) is 12.9. The van der Waals surface area contributed by atoms with Gasteiger partial charge in [-0.1, -0.05) is 13.8 Å². The molecule has 6 atom stereocenters. The van der Waals surface area contributed by atoms with E-state index in [-0.39, 0.29) is 0 Å². The van der Waals surface area contributed by atoms with E-state index in [0.717, 1.165) is 41.4 Å². The van der Waals surface area contributed by atoms with E-state index < -0.39 is 0 Å². The topological polar surface area (TPSA) is 6.48 Å². The molecule has 2 saturated heterocycles. The van der Waals surface area contributed by atoms with Gasteiger partial charge < -0.3 is 9.80 Å². The Morgan fingerprint density at radius 2 is 1.26 bits per heavy atom. The summed E-state index contributed by atoms with van der Waals surface area (Å²) in [4.78, 5) is 5.42. The smallest absolute Gasteiger partial charge is 0.00159 e. The fourth-order valence-electron chi connectivity index (χ4n) is 6.36. The molecule has 2 bridgehead atoms. The van der Waals surface area contributed by atoms with Gasteiger partial charge in [-0.15, -0.1) is 0 Å². The molecule has 0 N–H and O–H groups in total. The second-order valence-electron chi connectivity index (χ2n) is 8.39. The van der Waals surface area contributed by atoms with Crippen molar-refractivity contribution in [3.05, 3.63) is 0 Å². The fourth-order valence-corrected chi connectivity index (χ4v) is 6.36. The lowest BCUT2D eigenvalue weighted by Crippen LogP contribution is -2.49. The monoisotopic (exact) mass is 262 g/mol. The van der Waals surface area contributed by atoms with Gasteiger partial charge >= 0.3 is 0 Å². The SMILES string of the molecule is CC(C)CN1CC2C3CCC(C4CN(C)CC34)C2C1. The van der Waals surface area contributed by atoms with Crippen LogP contribution in [0.3, 0.4) is 0 Å². The average molecular weight is 262 g/mol. The molecular formula is C17H30N2. The maximum atomic E-state index is 2.80. The molecule has 6 unspecified atom stereocenters. The molecule has 3 saturated carbocycles. The lowest BCUT2D eigenvalue weighted by molar-refractivity contribution is -0.0289. The Morgan fingerprint density at radius 3 is 1.74 bits per heavy atom. The highest BCUT2D eigenvalue weighted by atomic mass is 15.2. The number of hydrogen-bond donors (Lipinski definition) is 0. The molecule has 0 aromatic heterocycles. The van der Waals surface area contributed by atoms with Crippen molar-refractivity contribution < 1.29 is 0 Å². The van der Waals surface area contributed by atoms with Gasteiger partial charge in [-0.05, 0) is 61.3 Å². The van der Waals surface area contributed by atoms with Crippen LogP contribution < -0.4 is 0 Å². The number of hydrogen-bond acceptors (Lipinski definition) is 2. The molecule has 2 heteroatoms. The van der Waals surface area contributed by atoms with Crippen molar-refractivity contribution in [2.45, 2.75) is 26.7 Å². The third-order valence-electron chi connectivity index (χ3n) is 6.74. The molecule has 0 amide bonds. The first kappa shape index (κ1) is 12.6. The summed E-state index contributed by atoms with van der Waals surface area (Å²) >= 11 is 0. The van der Waals surface area contributed by atoms with E-state index in [0.29, 0.717) is 0 Å². The van der Waals surface area contributed by atoms with Gasteiger partial charge in [0.15, 0.2) is 0 Å². The Hall–Kier alpha value is -0.0800. The second-order valence-corrected chi connectivity index (χ2v) is 8.39. The molecule has 19 heavy (non-hydrogen) atoms. The molecule has 5 rings (SSSR count). The second kappa shape index (κ2) is 4.46. The minimum Gasteiger partial charge on any atom is -0.306 e. The first-order valence-electron chi connectivity index (χ1n) is 8.54. The first-order valence-corrected chi connectivity index (χ1v) is 8.54. The van der Waals surface area contributed by atoms with Crippen LogP contribution in [-0.4, -0.2) is 49.6 Å². The van der Waals surface area contributed by atoms with Gasteiger partial charge in [0.25, 0.3) is 0 Å². The van der Waals surface area contributed by atoms with Gasteiger partial charge in [-0.3, -0.25) is 0 Å². The van der Waals surface area contributed by atoms with Crippen LogP contribution in [0.4, 0.5) is 0 Å². The van der Waals surface area contributed by atoms with E-state index in [1.807, 2.05) is 0 Å². The van der Waals surface area contributed by atoms with Gasteiger partial charge in [0.2, 0.25) is 0 Å². The summed E-state index contributed by atoms with van der Waals surface area (Å²) in [7, 11) is 2.35. The molecule has 2 aliphatic heterocycles. The van der Waals surface area contributed by atoms with Gasteiger partial charge in [0.05, 0.1) is 0 Å². The van der Waals surface area contributed by atoms with Crippen molar-refractivity contribution in [3.8, 4) is 0 Å². The third kappa shape index (κ3) is 1.90. The molecule has 0 spiro atoms. The molecule has 3 aliphatic carbocycles. The number of rotatable bonds is 2. The van der Waals surface area contributed by atoms with Crippen LogP contribution in [0.25, 0.3) is 0 Å².